The molecule has 0 amide bonds. The standard InChI is InChI=1S/2C8H11.Zr/c2*1-3-8-6-4-5-7(8)2;/h2*4H,3,6H2,1-2H3;. The topological polar surface area (TPSA) is 0 Å². The number of rotatable bonds is 4. The van der Waals surface area contributed by atoms with E-state index in [1.165, 1.54) is 25.7 Å². The monoisotopic (exact) mass is 304 g/mol. The van der Waals surface area contributed by atoms with Gasteiger partial charge in [-0.3, -0.25) is 0 Å². The normalized spacial score (nSPS) is 20.0. The van der Waals surface area contributed by atoms with Gasteiger partial charge in [0.1, 0.15) is 0 Å². The van der Waals surface area contributed by atoms with Crippen molar-refractivity contribution in [3.05, 3.63) is 41.0 Å². The second-order valence-electron chi connectivity index (χ2n) is 4.93. The molecule has 0 fully saturated rings. The summed E-state index contributed by atoms with van der Waals surface area (Å²) >= 11 is -0.512. The molecule has 2 aliphatic rings. The van der Waals surface area contributed by atoms with Gasteiger partial charge >= 0.3 is 118 Å². The van der Waals surface area contributed by atoms with E-state index in [1.807, 2.05) is 0 Å². The molecule has 2 rings (SSSR count). The summed E-state index contributed by atoms with van der Waals surface area (Å²) in [7, 11) is 0. The Bertz CT molecular complexity index is 402. The molecule has 0 heterocycles. The molecule has 0 radical (unpaired) electrons. The number of hydrogen-bond donors (Lipinski definition) is 0. The van der Waals surface area contributed by atoms with Gasteiger partial charge in [-0.05, 0) is 0 Å². The Morgan fingerprint density at radius 1 is 0.882 bits per heavy atom. The van der Waals surface area contributed by atoms with E-state index in [2.05, 4.69) is 39.8 Å². The number of allylic oxidation sites excluding steroid dienone is 8. The molecule has 0 aliphatic heterocycles. The molecule has 0 N–H and O–H groups in total. The summed E-state index contributed by atoms with van der Waals surface area (Å²) in [5, 5.41) is 0. The first-order valence-electron chi connectivity index (χ1n) is 6.72. The number of hydrogen-bond acceptors (Lipinski definition) is 0. The Labute approximate surface area is 117 Å². The summed E-state index contributed by atoms with van der Waals surface area (Å²) in [6.45, 7) is 9.26. The quantitative estimate of drug-likeness (QED) is 0.678. The van der Waals surface area contributed by atoms with Crippen LogP contribution in [0.15, 0.2) is 41.0 Å². The van der Waals surface area contributed by atoms with Crippen molar-refractivity contribution in [2.24, 2.45) is 0 Å². The van der Waals surface area contributed by atoms with E-state index < -0.39 is 23.2 Å². The molecule has 17 heavy (non-hydrogen) atoms. The average molecular weight is 306 g/mol. The molecule has 0 atom stereocenters. The fourth-order valence-corrected chi connectivity index (χ4v) is 6.21. The van der Waals surface area contributed by atoms with Gasteiger partial charge in [-0.2, -0.15) is 0 Å². The molecule has 0 spiro atoms. The minimum absolute atomic E-state index is 0.512. The van der Waals surface area contributed by atoms with Crippen LogP contribution in [0.2, 0.25) is 0 Å². The zero-order valence-corrected chi connectivity index (χ0v) is 13.9. The average Bonchev–Trinajstić information content (AvgIpc) is 2.85. The first-order valence-corrected chi connectivity index (χ1v) is 9.18. The van der Waals surface area contributed by atoms with E-state index in [1.54, 1.807) is 28.9 Å². The maximum absolute atomic E-state index is 2.51. The van der Waals surface area contributed by atoms with E-state index in [0.717, 1.165) is 0 Å². The van der Waals surface area contributed by atoms with Crippen LogP contribution in [-0.2, 0) is 23.2 Å². The van der Waals surface area contributed by atoms with Crippen LogP contribution in [0.1, 0.15) is 53.4 Å². The van der Waals surface area contributed by atoms with E-state index >= 15 is 0 Å². The molecular weight excluding hydrogens is 283 g/mol. The maximum atomic E-state index is 2.51. The Morgan fingerprint density at radius 2 is 1.29 bits per heavy atom. The third-order valence-electron chi connectivity index (χ3n) is 4.10. The van der Waals surface area contributed by atoms with E-state index in [0.29, 0.717) is 0 Å². The van der Waals surface area contributed by atoms with Gasteiger partial charge in [0.25, 0.3) is 0 Å². The molecule has 0 bridgehead atoms. The summed E-state index contributed by atoms with van der Waals surface area (Å²) in [5.74, 6) is 0. The second-order valence-corrected chi connectivity index (χ2v) is 8.20. The van der Waals surface area contributed by atoms with Gasteiger partial charge in [0.15, 0.2) is 0 Å². The Balaban J connectivity index is 2.10. The van der Waals surface area contributed by atoms with E-state index in [4.69, 9.17) is 0 Å². The van der Waals surface area contributed by atoms with Crippen molar-refractivity contribution in [1.29, 1.82) is 0 Å². The summed E-state index contributed by atoms with van der Waals surface area (Å²) in [5.41, 5.74) is 6.63. The predicted molar refractivity (Wildman–Crippen MR) is 71.4 cm³/mol. The van der Waals surface area contributed by atoms with Crippen LogP contribution in [0.4, 0.5) is 0 Å². The zero-order chi connectivity index (χ0) is 12.4. The van der Waals surface area contributed by atoms with Gasteiger partial charge in [0.2, 0.25) is 0 Å². The van der Waals surface area contributed by atoms with Crippen LogP contribution < -0.4 is 0 Å². The fraction of sp³-hybridized carbons (Fsp3) is 0.500. The molecule has 0 unspecified atom stereocenters. The van der Waals surface area contributed by atoms with Gasteiger partial charge < -0.3 is 0 Å². The van der Waals surface area contributed by atoms with Crippen molar-refractivity contribution in [3.63, 3.8) is 0 Å². The molecule has 0 saturated heterocycles. The van der Waals surface area contributed by atoms with Crippen molar-refractivity contribution < 1.29 is 23.2 Å². The first-order chi connectivity index (χ1) is 8.17. The van der Waals surface area contributed by atoms with Crippen molar-refractivity contribution in [3.8, 4) is 0 Å². The van der Waals surface area contributed by atoms with Gasteiger partial charge in [-0.1, -0.05) is 0 Å². The van der Waals surface area contributed by atoms with Gasteiger partial charge in [-0.25, -0.2) is 0 Å². The molecule has 0 aromatic carbocycles. The van der Waals surface area contributed by atoms with Crippen LogP contribution >= 0.6 is 0 Å². The Morgan fingerprint density at radius 3 is 1.59 bits per heavy atom. The molecule has 0 nitrogen and oxygen atoms in total. The summed E-state index contributed by atoms with van der Waals surface area (Å²) < 4.78 is 3.49. The zero-order valence-electron chi connectivity index (χ0n) is 11.5. The summed E-state index contributed by atoms with van der Waals surface area (Å²) in [6, 6.07) is 0. The molecule has 0 aromatic rings. The molecule has 1 heteroatoms. The molecule has 0 aromatic heterocycles. The Hall–Kier alpha value is -0.157. The van der Waals surface area contributed by atoms with Gasteiger partial charge in [0, 0.05) is 0 Å². The van der Waals surface area contributed by atoms with E-state index in [9.17, 15) is 0 Å². The van der Waals surface area contributed by atoms with Crippen molar-refractivity contribution in [2.45, 2.75) is 53.4 Å². The fourth-order valence-electron chi connectivity index (χ4n) is 2.70. The van der Waals surface area contributed by atoms with Crippen LogP contribution in [-0.4, -0.2) is 0 Å². The van der Waals surface area contributed by atoms with Crippen LogP contribution in [0.3, 0.4) is 0 Å². The third-order valence-corrected chi connectivity index (χ3v) is 8.27. The van der Waals surface area contributed by atoms with Crippen LogP contribution in [0, 0.1) is 0 Å². The van der Waals surface area contributed by atoms with Crippen molar-refractivity contribution in [2.75, 3.05) is 0 Å². The van der Waals surface area contributed by atoms with Gasteiger partial charge in [0.05, 0.1) is 0 Å². The second kappa shape index (κ2) is 5.66. The predicted octanol–water partition coefficient (Wildman–Crippen LogP) is 5.10. The van der Waals surface area contributed by atoms with Crippen LogP contribution in [0.25, 0.3) is 0 Å². The van der Waals surface area contributed by atoms with Gasteiger partial charge in [-0.15, -0.1) is 0 Å². The molecule has 2 aliphatic carbocycles. The summed E-state index contributed by atoms with van der Waals surface area (Å²) in [4.78, 5) is 0. The molecule has 0 saturated carbocycles. The minimum atomic E-state index is -0.512. The SMILES string of the molecule is CCC1=C(C)[C]([Zr][C]2=CCC(CC)=C2C)=CC1. The molecular formula is C16H22Zr. The first kappa shape index (κ1) is 13.3. The van der Waals surface area contributed by atoms with E-state index in [-0.39, 0.29) is 0 Å². The van der Waals surface area contributed by atoms with Crippen LogP contribution in [0.5, 0.6) is 0 Å². The van der Waals surface area contributed by atoms with Crippen molar-refractivity contribution >= 4 is 0 Å². The summed E-state index contributed by atoms with van der Waals surface area (Å²) in [6.07, 6.45) is 9.96. The Kier molecular flexibility index (Phi) is 4.42. The third kappa shape index (κ3) is 2.65. The molecule has 90 valence electrons. The van der Waals surface area contributed by atoms with Crippen molar-refractivity contribution in [1.82, 2.24) is 0 Å².